The zero-order valence-electron chi connectivity index (χ0n) is 15.9. The second kappa shape index (κ2) is 6.84. The van der Waals surface area contributed by atoms with Crippen molar-refractivity contribution in [3.05, 3.63) is 70.8 Å². The topological polar surface area (TPSA) is 20.2 Å². The van der Waals surface area contributed by atoms with Gasteiger partial charge in [0.25, 0.3) is 0 Å². The Kier molecular flexibility index (Phi) is 5.22. The quantitative estimate of drug-likeness (QED) is 0.709. The van der Waals surface area contributed by atoms with Crippen molar-refractivity contribution in [2.45, 2.75) is 58.8 Å². The van der Waals surface area contributed by atoms with E-state index in [-0.39, 0.29) is 10.8 Å². The van der Waals surface area contributed by atoms with Crippen molar-refractivity contribution in [3.8, 4) is 5.75 Å². The molecule has 0 heterocycles. The van der Waals surface area contributed by atoms with Gasteiger partial charge in [-0.1, -0.05) is 90.1 Å². The predicted octanol–water partition coefficient (Wildman–Crippen LogP) is 6.24. The van der Waals surface area contributed by atoms with Gasteiger partial charge in [-0.25, -0.2) is 0 Å². The summed E-state index contributed by atoms with van der Waals surface area (Å²) < 4.78 is 0. The smallest absolute Gasteiger partial charge is 0.119 e. The Bertz CT molecular complexity index is 710. The summed E-state index contributed by atoms with van der Waals surface area (Å²) in [7, 11) is 0. The first kappa shape index (κ1) is 18.3. The highest BCUT2D eigenvalue weighted by molar-refractivity contribution is 5.54. The Morgan fingerprint density at radius 2 is 1.38 bits per heavy atom. The maximum atomic E-state index is 10.5. The lowest BCUT2D eigenvalue weighted by atomic mass is 9.72. The summed E-state index contributed by atoms with van der Waals surface area (Å²) in [6.07, 6.45) is 5.24. The van der Waals surface area contributed by atoms with Gasteiger partial charge in [-0.05, 0) is 40.0 Å². The van der Waals surface area contributed by atoms with Gasteiger partial charge in [0, 0.05) is 5.56 Å². The van der Waals surface area contributed by atoms with Crippen LogP contribution < -0.4 is 0 Å². The van der Waals surface area contributed by atoms with E-state index in [0.29, 0.717) is 5.75 Å². The second-order valence-electron chi connectivity index (χ2n) is 8.51. The minimum Gasteiger partial charge on any atom is -0.508 e. The minimum absolute atomic E-state index is 0.0166. The van der Waals surface area contributed by atoms with E-state index in [0.717, 1.165) is 12.0 Å². The van der Waals surface area contributed by atoms with Crippen LogP contribution in [-0.4, -0.2) is 5.11 Å². The molecule has 0 aliphatic heterocycles. The van der Waals surface area contributed by atoms with Crippen LogP contribution in [0.3, 0.4) is 0 Å². The third-order valence-electron chi connectivity index (χ3n) is 4.22. The first-order valence-corrected chi connectivity index (χ1v) is 8.68. The van der Waals surface area contributed by atoms with Gasteiger partial charge in [-0.3, -0.25) is 0 Å². The van der Waals surface area contributed by atoms with Crippen molar-refractivity contribution in [1.29, 1.82) is 0 Å². The lowest BCUT2D eigenvalue weighted by Crippen LogP contribution is -2.24. The molecule has 2 aromatic carbocycles. The summed E-state index contributed by atoms with van der Waals surface area (Å²) >= 11 is 0. The number of phenolic OH excluding ortho intramolecular Hbond substituents is 1. The molecule has 1 N–H and O–H groups in total. The van der Waals surface area contributed by atoms with Gasteiger partial charge >= 0.3 is 0 Å². The van der Waals surface area contributed by atoms with Crippen LogP contribution in [0.5, 0.6) is 5.75 Å². The zero-order valence-corrected chi connectivity index (χ0v) is 15.9. The molecule has 1 nitrogen and oxygen atoms in total. The lowest BCUT2D eigenvalue weighted by Gasteiger charge is -2.33. The van der Waals surface area contributed by atoms with E-state index in [2.05, 4.69) is 84.0 Å². The fourth-order valence-electron chi connectivity index (χ4n) is 3.31. The van der Waals surface area contributed by atoms with E-state index in [9.17, 15) is 5.11 Å². The standard InChI is InChI=1S/C23H30O/c1-22(2,3)20-18(14-10-13-17-11-8-7-9-12-17)15-16-19(24)21(20)23(4,5)6/h7-13,15-16,24H,14H2,1-6H3. The summed E-state index contributed by atoms with van der Waals surface area (Å²) in [5.41, 5.74) is 4.73. The van der Waals surface area contributed by atoms with Crippen molar-refractivity contribution < 1.29 is 5.11 Å². The molecule has 1 heteroatoms. The molecule has 0 unspecified atom stereocenters. The zero-order chi connectivity index (χ0) is 18.0. The van der Waals surface area contributed by atoms with Crippen LogP contribution in [0.1, 0.15) is 63.8 Å². The molecule has 0 saturated carbocycles. The minimum atomic E-state index is -0.0914. The Morgan fingerprint density at radius 1 is 0.792 bits per heavy atom. The van der Waals surface area contributed by atoms with Crippen molar-refractivity contribution in [2.75, 3.05) is 0 Å². The average Bonchev–Trinajstić information content (AvgIpc) is 2.47. The maximum Gasteiger partial charge on any atom is 0.119 e. The van der Waals surface area contributed by atoms with Crippen LogP contribution in [0.25, 0.3) is 6.08 Å². The van der Waals surface area contributed by atoms with E-state index < -0.39 is 0 Å². The summed E-state index contributed by atoms with van der Waals surface area (Å²) in [5, 5.41) is 10.5. The summed E-state index contributed by atoms with van der Waals surface area (Å²) in [5.74, 6) is 0.406. The highest BCUT2D eigenvalue weighted by Gasteiger charge is 2.29. The molecule has 0 atom stereocenters. The number of hydrogen-bond donors (Lipinski definition) is 1. The first-order valence-electron chi connectivity index (χ1n) is 8.68. The molecule has 128 valence electrons. The molecule has 0 saturated heterocycles. The monoisotopic (exact) mass is 322 g/mol. The van der Waals surface area contributed by atoms with Crippen LogP contribution in [0.15, 0.2) is 48.5 Å². The molecule has 0 amide bonds. The van der Waals surface area contributed by atoms with Crippen LogP contribution >= 0.6 is 0 Å². The summed E-state index contributed by atoms with van der Waals surface area (Å²) in [6.45, 7) is 13.2. The van der Waals surface area contributed by atoms with Crippen molar-refractivity contribution in [1.82, 2.24) is 0 Å². The van der Waals surface area contributed by atoms with Crippen molar-refractivity contribution in [3.63, 3.8) is 0 Å². The summed E-state index contributed by atoms with van der Waals surface area (Å²) in [4.78, 5) is 0. The molecular formula is C23H30O. The Morgan fingerprint density at radius 3 is 1.92 bits per heavy atom. The molecule has 2 rings (SSSR count). The van der Waals surface area contributed by atoms with Gasteiger partial charge < -0.3 is 5.11 Å². The van der Waals surface area contributed by atoms with Crippen LogP contribution in [0.4, 0.5) is 0 Å². The highest BCUT2D eigenvalue weighted by atomic mass is 16.3. The molecule has 0 aliphatic carbocycles. The molecule has 0 aliphatic rings. The normalized spacial score (nSPS) is 12.8. The van der Waals surface area contributed by atoms with Gasteiger partial charge in [0.05, 0.1) is 0 Å². The van der Waals surface area contributed by atoms with Gasteiger partial charge in [-0.15, -0.1) is 0 Å². The van der Waals surface area contributed by atoms with Gasteiger partial charge in [-0.2, -0.15) is 0 Å². The largest absolute Gasteiger partial charge is 0.508 e. The lowest BCUT2D eigenvalue weighted by molar-refractivity contribution is 0.434. The van der Waals surface area contributed by atoms with Gasteiger partial charge in [0.1, 0.15) is 5.75 Å². The Labute approximate surface area is 147 Å². The molecule has 0 fully saturated rings. The number of benzene rings is 2. The third-order valence-corrected chi connectivity index (χ3v) is 4.22. The number of rotatable bonds is 3. The van der Waals surface area contributed by atoms with Crippen LogP contribution in [0, 0.1) is 0 Å². The number of hydrogen-bond acceptors (Lipinski definition) is 1. The van der Waals surface area contributed by atoms with Gasteiger partial charge in [0.2, 0.25) is 0 Å². The Hall–Kier alpha value is -2.02. The van der Waals surface area contributed by atoms with E-state index in [1.54, 1.807) is 0 Å². The molecule has 0 spiro atoms. The van der Waals surface area contributed by atoms with Crippen molar-refractivity contribution in [2.24, 2.45) is 0 Å². The molecule has 0 radical (unpaired) electrons. The van der Waals surface area contributed by atoms with Crippen molar-refractivity contribution >= 4 is 6.08 Å². The van der Waals surface area contributed by atoms with E-state index in [1.807, 2.05) is 12.1 Å². The predicted molar refractivity (Wildman–Crippen MR) is 105 cm³/mol. The average molecular weight is 322 g/mol. The third kappa shape index (κ3) is 4.29. The highest BCUT2D eigenvalue weighted by Crippen LogP contribution is 2.41. The molecule has 0 bridgehead atoms. The molecule has 24 heavy (non-hydrogen) atoms. The SMILES string of the molecule is CC(C)(C)c1c(O)ccc(CC=Cc2ccccc2)c1C(C)(C)C. The molecule has 0 aromatic heterocycles. The molecule has 2 aromatic rings. The van der Waals surface area contributed by atoms with Crippen LogP contribution in [0.2, 0.25) is 0 Å². The van der Waals surface area contributed by atoms with E-state index in [4.69, 9.17) is 0 Å². The van der Waals surface area contributed by atoms with E-state index >= 15 is 0 Å². The fraction of sp³-hybridized carbons (Fsp3) is 0.391. The second-order valence-corrected chi connectivity index (χ2v) is 8.51. The number of aromatic hydroxyl groups is 1. The number of phenols is 1. The molecular weight excluding hydrogens is 292 g/mol. The maximum absolute atomic E-state index is 10.5. The number of allylic oxidation sites excluding steroid dienone is 1. The fourth-order valence-corrected chi connectivity index (χ4v) is 3.31. The first-order chi connectivity index (χ1) is 11.1. The summed E-state index contributed by atoms with van der Waals surface area (Å²) in [6, 6.07) is 14.3. The van der Waals surface area contributed by atoms with Gasteiger partial charge in [0.15, 0.2) is 0 Å². The Balaban J connectivity index is 2.45. The van der Waals surface area contributed by atoms with Crippen LogP contribution in [-0.2, 0) is 17.3 Å². The van der Waals surface area contributed by atoms with E-state index in [1.165, 1.54) is 16.7 Å².